The predicted molar refractivity (Wildman–Crippen MR) is 68.0 cm³/mol. The van der Waals surface area contributed by atoms with Crippen LogP contribution in [0.1, 0.15) is 20.3 Å². The summed E-state index contributed by atoms with van der Waals surface area (Å²) >= 11 is 5.05. The summed E-state index contributed by atoms with van der Waals surface area (Å²) in [5.74, 6) is -0.285. The summed E-state index contributed by atoms with van der Waals surface area (Å²) in [6, 6.07) is -0.428. The summed E-state index contributed by atoms with van der Waals surface area (Å²) in [7, 11) is 1.65. The maximum absolute atomic E-state index is 11.1. The molecule has 0 spiro atoms. The highest BCUT2D eigenvalue weighted by Gasteiger charge is 2.19. The lowest BCUT2D eigenvalue weighted by molar-refractivity contribution is -0.120. The molecule has 0 aliphatic rings. The number of hydrogen-bond donors (Lipinski definition) is 3. The van der Waals surface area contributed by atoms with Gasteiger partial charge in [-0.1, -0.05) is 13.8 Å². The Labute approximate surface area is 102 Å². The molecule has 0 fully saturated rings. The van der Waals surface area contributed by atoms with Crippen molar-refractivity contribution in [2.75, 3.05) is 20.3 Å². The summed E-state index contributed by atoms with van der Waals surface area (Å²) < 4.78 is 4.90. The molecule has 0 aliphatic heterocycles. The molecule has 0 saturated heterocycles. The van der Waals surface area contributed by atoms with Gasteiger partial charge in [-0.3, -0.25) is 4.79 Å². The summed E-state index contributed by atoms with van der Waals surface area (Å²) in [4.78, 5) is 11.1. The van der Waals surface area contributed by atoms with Crippen LogP contribution in [0.15, 0.2) is 0 Å². The fourth-order valence-electron chi connectivity index (χ4n) is 1.18. The van der Waals surface area contributed by atoms with E-state index in [2.05, 4.69) is 10.6 Å². The molecule has 0 radical (unpaired) electrons. The van der Waals surface area contributed by atoms with Crippen LogP contribution >= 0.6 is 12.2 Å². The fraction of sp³-hybridized carbons (Fsp3) is 0.800. The zero-order chi connectivity index (χ0) is 12.6. The summed E-state index contributed by atoms with van der Waals surface area (Å²) in [6.07, 6.45) is 0.862. The van der Waals surface area contributed by atoms with Gasteiger partial charge in [-0.25, -0.2) is 0 Å². The van der Waals surface area contributed by atoms with Gasteiger partial charge < -0.3 is 21.1 Å². The molecular formula is C10H21N3O2S. The van der Waals surface area contributed by atoms with Gasteiger partial charge in [0, 0.05) is 20.3 Å². The van der Waals surface area contributed by atoms with Crippen LogP contribution in [0, 0.1) is 5.92 Å². The van der Waals surface area contributed by atoms with Crippen LogP contribution in [0.3, 0.4) is 0 Å². The SMILES string of the molecule is COCCCNC(=S)NC(C(N)=O)C(C)C. The number of thiocarbonyl (C=S) groups is 1. The average Bonchev–Trinajstić information content (AvgIpc) is 2.20. The van der Waals surface area contributed by atoms with Crippen molar-refractivity contribution in [1.29, 1.82) is 0 Å². The van der Waals surface area contributed by atoms with Crippen LogP contribution < -0.4 is 16.4 Å². The zero-order valence-electron chi connectivity index (χ0n) is 10.1. The lowest BCUT2D eigenvalue weighted by atomic mass is 10.0. The van der Waals surface area contributed by atoms with E-state index in [1.165, 1.54) is 0 Å². The molecule has 0 saturated carbocycles. The number of methoxy groups -OCH3 is 1. The Kier molecular flexibility index (Phi) is 7.84. The number of ether oxygens (including phenoxy) is 1. The van der Waals surface area contributed by atoms with Crippen molar-refractivity contribution >= 4 is 23.2 Å². The molecule has 0 heterocycles. The molecule has 0 bridgehead atoms. The average molecular weight is 247 g/mol. The van der Waals surface area contributed by atoms with E-state index in [-0.39, 0.29) is 5.92 Å². The van der Waals surface area contributed by atoms with Gasteiger partial charge in [-0.05, 0) is 24.6 Å². The highest BCUT2D eigenvalue weighted by Crippen LogP contribution is 2.00. The van der Waals surface area contributed by atoms with Gasteiger partial charge in [0.05, 0.1) is 0 Å². The third-order valence-electron chi connectivity index (χ3n) is 2.07. The van der Waals surface area contributed by atoms with Crippen LogP contribution in [-0.4, -0.2) is 37.3 Å². The lowest BCUT2D eigenvalue weighted by Gasteiger charge is -2.21. The number of carbonyl (C=O) groups excluding carboxylic acids is 1. The molecule has 1 amide bonds. The lowest BCUT2D eigenvalue weighted by Crippen LogP contribution is -2.51. The first-order valence-corrected chi connectivity index (χ1v) is 5.72. The van der Waals surface area contributed by atoms with Crippen LogP contribution in [0.4, 0.5) is 0 Å². The Balaban J connectivity index is 3.87. The smallest absolute Gasteiger partial charge is 0.240 e. The Hall–Kier alpha value is -0.880. The molecule has 0 rings (SSSR count). The van der Waals surface area contributed by atoms with Crippen molar-refractivity contribution in [2.24, 2.45) is 11.7 Å². The highest BCUT2D eigenvalue weighted by atomic mass is 32.1. The van der Waals surface area contributed by atoms with Crippen molar-refractivity contribution in [3.63, 3.8) is 0 Å². The van der Waals surface area contributed by atoms with E-state index in [9.17, 15) is 4.79 Å². The molecule has 0 aromatic heterocycles. The topological polar surface area (TPSA) is 76.4 Å². The minimum atomic E-state index is -0.428. The van der Waals surface area contributed by atoms with Crippen molar-refractivity contribution in [3.8, 4) is 0 Å². The normalized spacial score (nSPS) is 12.2. The first-order chi connectivity index (χ1) is 7.49. The quantitative estimate of drug-likeness (QED) is 0.436. The minimum absolute atomic E-state index is 0.108. The van der Waals surface area contributed by atoms with Crippen molar-refractivity contribution < 1.29 is 9.53 Å². The van der Waals surface area contributed by atoms with Gasteiger partial charge in [-0.2, -0.15) is 0 Å². The molecule has 5 nitrogen and oxygen atoms in total. The second-order valence-corrected chi connectivity index (χ2v) is 4.28. The first-order valence-electron chi connectivity index (χ1n) is 5.31. The molecule has 1 unspecified atom stereocenters. The predicted octanol–water partition coefficient (Wildman–Crippen LogP) is -0.00310. The number of nitrogens with one attached hydrogen (secondary N) is 2. The molecule has 94 valence electrons. The molecule has 0 aliphatic carbocycles. The maximum atomic E-state index is 11.1. The van der Waals surface area contributed by atoms with Gasteiger partial charge in [0.1, 0.15) is 6.04 Å². The number of hydrogen-bond acceptors (Lipinski definition) is 3. The largest absolute Gasteiger partial charge is 0.385 e. The van der Waals surface area contributed by atoms with Crippen LogP contribution in [0.2, 0.25) is 0 Å². The van der Waals surface area contributed by atoms with E-state index in [1.807, 2.05) is 13.8 Å². The van der Waals surface area contributed by atoms with Gasteiger partial charge in [0.25, 0.3) is 0 Å². The van der Waals surface area contributed by atoms with E-state index in [0.717, 1.165) is 6.42 Å². The van der Waals surface area contributed by atoms with Crippen LogP contribution in [-0.2, 0) is 9.53 Å². The zero-order valence-corrected chi connectivity index (χ0v) is 10.9. The molecular weight excluding hydrogens is 226 g/mol. The number of amides is 1. The van der Waals surface area contributed by atoms with Gasteiger partial charge in [0.2, 0.25) is 5.91 Å². The standard InChI is InChI=1S/C10H21N3O2S/c1-7(2)8(9(11)14)13-10(16)12-5-4-6-15-3/h7-8H,4-6H2,1-3H3,(H2,11,14)(H2,12,13,16). The van der Waals surface area contributed by atoms with Gasteiger partial charge in [0.15, 0.2) is 5.11 Å². The molecule has 1 atom stereocenters. The van der Waals surface area contributed by atoms with Gasteiger partial charge in [-0.15, -0.1) is 0 Å². The molecule has 0 aromatic carbocycles. The number of primary amides is 1. The Bertz CT molecular complexity index is 234. The fourth-order valence-corrected chi connectivity index (χ4v) is 1.41. The second-order valence-electron chi connectivity index (χ2n) is 3.87. The van der Waals surface area contributed by atoms with Crippen molar-refractivity contribution in [3.05, 3.63) is 0 Å². The minimum Gasteiger partial charge on any atom is -0.385 e. The van der Waals surface area contributed by atoms with Crippen LogP contribution in [0.5, 0.6) is 0 Å². The van der Waals surface area contributed by atoms with E-state index in [0.29, 0.717) is 18.3 Å². The molecule has 16 heavy (non-hydrogen) atoms. The van der Waals surface area contributed by atoms with E-state index >= 15 is 0 Å². The summed E-state index contributed by atoms with van der Waals surface area (Å²) in [5.41, 5.74) is 5.25. The maximum Gasteiger partial charge on any atom is 0.240 e. The van der Waals surface area contributed by atoms with E-state index < -0.39 is 11.9 Å². The molecule has 0 aromatic rings. The molecule has 6 heteroatoms. The monoisotopic (exact) mass is 247 g/mol. The number of nitrogens with two attached hydrogens (primary N) is 1. The van der Waals surface area contributed by atoms with Crippen molar-refractivity contribution in [1.82, 2.24) is 10.6 Å². The van der Waals surface area contributed by atoms with Crippen molar-refractivity contribution in [2.45, 2.75) is 26.3 Å². The van der Waals surface area contributed by atoms with E-state index in [1.54, 1.807) is 7.11 Å². The first kappa shape index (κ1) is 15.1. The summed E-state index contributed by atoms with van der Waals surface area (Å²) in [5, 5.41) is 6.34. The van der Waals surface area contributed by atoms with Gasteiger partial charge >= 0.3 is 0 Å². The second kappa shape index (κ2) is 8.29. The third kappa shape index (κ3) is 6.58. The number of carbonyl (C=O) groups is 1. The number of rotatable bonds is 7. The highest BCUT2D eigenvalue weighted by molar-refractivity contribution is 7.80. The molecule has 4 N–H and O–H groups in total. The Morgan fingerprint density at radius 3 is 2.56 bits per heavy atom. The Morgan fingerprint density at radius 2 is 2.12 bits per heavy atom. The summed E-state index contributed by atoms with van der Waals surface area (Å²) in [6.45, 7) is 5.22. The Morgan fingerprint density at radius 1 is 1.50 bits per heavy atom. The van der Waals surface area contributed by atoms with E-state index in [4.69, 9.17) is 22.7 Å². The third-order valence-corrected chi connectivity index (χ3v) is 2.33. The van der Waals surface area contributed by atoms with Crippen LogP contribution in [0.25, 0.3) is 0 Å².